The smallest absolute Gasteiger partial charge is 0.274 e. The summed E-state index contributed by atoms with van der Waals surface area (Å²) in [5.41, 5.74) is 6.23. The summed E-state index contributed by atoms with van der Waals surface area (Å²) in [4.78, 5) is 13.9. The number of hydroxylamine groups is 1. The highest BCUT2D eigenvalue weighted by Crippen LogP contribution is 2.19. The van der Waals surface area contributed by atoms with Gasteiger partial charge in [0, 0.05) is 17.7 Å². The van der Waals surface area contributed by atoms with E-state index in [1.54, 1.807) is 22.3 Å². The zero-order chi connectivity index (χ0) is 19.3. The molecule has 1 saturated heterocycles. The zero-order valence-electron chi connectivity index (χ0n) is 16.0. The number of carbonyl (C=O) groups is 1. The molecule has 0 unspecified atom stereocenters. The number of hydrogen-bond acceptors (Lipinski definition) is 5. The van der Waals surface area contributed by atoms with E-state index in [4.69, 9.17) is 5.21 Å². The molecule has 8 heteroatoms. The molecule has 0 radical (unpaired) electrons. The van der Waals surface area contributed by atoms with Crippen LogP contribution in [0.5, 0.6) is 0 Å². The second-order valence-corrected chi connectivity index (χ2v) is 7.12. The summed E-state index contributed by atoms with van der Waals surface area (Å²) < 4.78 is 1.77. The molecule has 0 saturated carbocycles. The first-order valence-corrected chi connectivity index (χ1v) is 9.46. The molecule has 2 aromatic carbocycles. The molecule has 152 valence electrons. The highest BCUT2D eigenvalue weighted by Gasteiger charge is 2.12. The van der Waals surface area contributed by atoms with Gasteiger partial charge in [-0.1, -0.05) is 41.6 Å². The summed E-state index contributed by atoms with van der Waals surface area (Å²) >= 11 is 0. The number of benzene rings is 2. The monoisotopic (exact) mass is 413 g/mol. The van der Waals surface area contributed by atoms with Crippen molar-refractivity contribution in [2.75, 3.05) is 13.1 Å². The Hall–Kier alpha value is -2.74. The molecule has 2 N–H and O–H groups in total. The Morgan fingerprint density at radius 3 is 2.24 bits per heavy atom. The van der Waals surface area contributed by atoms with Gasteiger partial charge in [-0.3, -0.25) is 14.9 Å². The predicted octanol–water partition coefficient (Wildman–Crippen LogP) is 3.13. The van der Waals surface area contributed by atoms with Gasteiger partial charge in [0.25, 0.3) is 5.91 Å². The maximum Gasteiger partial charge on any atom is 0.274 e. The molecular formula is C21H24ClN5O2. The van der Waals surface area contributed by atoms with E-state index in [1.807, 2.05) is 18.3 Å². The molecule has 0 atom stereocenters. The van der Waals surface area contributed by atoms with Crippen molar-refractivity contribution in [3.05, 3.63) is 71.4 Å². The first-order chi connectivity index (χ1) is 13.7. The highest BCUT2D eigenvalue weighted by molar-refractivity contribution is 5.93. The van der Waals surface area contributed by atoms with E-state index < -0.39 is 5.91 Å². The Morgan fingerprint density at radius 2 is 1.59 bits per heavy atom. The molecule has 1 aromatic heterocycles. The van der Waals surface area contributed by atoms with Gasteiger partial charge in [-0.25, -0.2) is 10.2 Å². The number of amides is 1. The van der Waals surface area contributed by atoms with E-state index in [-0.39, 0.29) is 12.4 Å². The minimum absolute atomic E-state index is 0. The number of nitrogens with one attached hydrogen (secondary N) is 1. The Balaban J connectivity index is 0.00000240. The topological polar surface area (TPSA) is 83.3 Å². The maximum absolute atomic E-state index is 11.4. The van der Waals surface area contributed by atoms with Crippen LogP contribution in [0.25, 0.3) is 11.3 Å². The average molecular weight is 414 g/mol. The van der Waals surface area contributed by atoms with E-state index in [9.17, 15) is 4.79 Å². The van der Waals surface area contributed by atoms with Crippen LogP contribution in [0.15, 0.2) is 54.7 Å². The van der Waals surface area contributed by atoms with Crippen molar-refractivity contribution in [3.8, 4) is 11.3 Å². The molecule has 4 rings (SSSR count). The van der Waals surface area contributed by atoms with Crippen molar-refractivity contribution in [2.24, 2.45) is 0 Å². The molecule has 1 fully saturated rings. The quantitative estimate of drug-likeness (QED) is 0.479. The fourth-order valence-electron chi connectivity index (χ4n) is 3.50. The molecule has 29 heavy (non-hydrogen) atoms. The van der Waals surface area contributed by atoms with Crippen LogP contribution in [0, 0.1) is 0 Å². The number of likely N-dealkylation sites (tertiary alicyclic amines) is 1. The van der Waals surface area contributed by atoms with Gasteiger partial charge in [-0.15, -0.1) is 17.5 Å². The van der Waals surface area contributed by atoms with Gasteiger partial charge in [0.2, 0.25) is 0 Å². The molecule has 3 aromatic rings. The third-order valence-electron chi connectivity index (χ3n) is 5.06. The van der Waals surface area contributed by atoms with Crippen LogP contribution in [0.1, 0.15) is 34.3 Å². The van der Waals surface area contributed by atoms with Gasteiger partial charge in [0.1, 0.15) is 5.69 Å². The number of aromatic nitrogens is 3. The summed E-state index contributed by atoms with van der Waals surface area (Å²) in [6, 6.07) is 15.5. The lowest BCUT2D eigenvalue weighted by molar-refractivity contribution is 0.0706. The standard InChI is InChI=1S/C21H23N5O2.ClH/c27-21(23-28)19-9-5-17(6-10-19)14-26-15-20(22-24-26)18-7-3-16(4-8-18)13-25-11-1-2-12-25;/h3-10,15,28H,1-2,11-14H2,(H,23,27);1H. The molecule has 0 aliphatic carbocycles. The molecule has 7 nitrogen and oxygen atoms in total. The first kappa shape index (κ1) is 21.0. The fourth-order valence-corrected chi connectivity index (χ4v) is 3.50. The van der Waals surface area contributed by atoms with E-state index in [1.165, 1.54) is 31.5 Å². The summed E-state index contributed by atoms with van der Waals surface area (Å²) in [5.74, 6) is -0.525. The van der Waals surface area contributed by atoms with Crippen LogP contribution in [-0.4, -0.2) is 44.1 Å². The lowest BCUT2D eigenvalue weighted by Crippen LogP contribution is -2.18. The summed E-state index contributed by atoms with van der Waals surface area (Å²) in [6.07, 6.45) is 4.53. The third kappa shape index (κ3) is 5.20. The van der Waals surface area contributed by atoms with Crippen LogP contribution >= 0.6 is 12.4 Å². The Kier molecular flexibility index (Phi) is 6.98. The Bertz CT molecular complexity index is 934. The average Bonchev–Trinajstić information content (AvgIpc) is 3.41. The molecule has 2 heterocycles. The molecule has 1 aliphatic rings. The van der Waals surface area contributed by atoms with Crippen molar-refractivity contribution >= 4 is 18.3 Å². The molecule has 1 aliphatic heterocycles. The second-order valence-electron chi connectivity index (χ2n) is 7.12. The SMILES string of the molecule is Cl.O=C(NO)c1ccc(Cn2cc(-c3ccc(CN4CCCC4)cc3)nn2)cc1. The van der Waals surface area contributed by atoms with E-state index in [2.05, 4.69) is 39.5 Å². The van der Waals surface area contributed by atoms with Crippen LogP contribution in [-0.2, 0) is 13.1 Å². The molecule has 0 bridgehead atoms. The lowest BCUT2D eigenvalue weighted by atomic mass is 10.1. The van der Waals surface area contributed by atoms with Gasteiger partial charge in [-0.05, 0) is 49.2 Å². The maximum atomic E-state index is 11.4. The van der Waals surface area contributed by atoms with Gasteiger partial charge >= 0.3 is 0 Å². The molecule has 1 amide bonds. The molecular weight excluding hydrogens is 390 g/mol. The summed E-state index contributed by atoms with van der Waals surface area (Å²) in [6.45, 7) is 3.96. The zero-order valence-corrected chi connectivity index (χ0v) is 16.8. The lowest BCUT2D eigenvalue weighted by Gasteiger charge is -2.14. The molecule has 0 spiro atoms. The number of hydrogen-bond donors (Lipinski definition) is 2. The largest absolute Gasteiger partial charge is 0.299 e. The van der Waals surface area contributed by atoms with Gasteiger partial charge < -0.3 is 0 Å². The number of nitrogens with zero attached hydrogens (tertiary/aromatic N) is 4. The number of halogens is 1. The van der Waals surface area contributed by atoms with Crippen molar-refractivity contribution in [3.63, 3.8) is 0 Å². The predicted molar refractivity (Wildman–Crippen MR) is 112 cm³/mol. The van der Waals surface area contributed by atoms with Gasteiger partial charge in [-0.2, -0.15) is 0 Å². The van der Waals surface area contributed by atoms with E-state index >= 15 is 0 Å². The Labute approximate surface area is 175 Å². The van der Waals surface area contributed by atoms with Crippen molar-refractivity contribution in [1.29, 1.82) is 0 Å². The second kappa shape index (κ2) is 9.65. The van der Waals surface area contributed by atoms with Crippen molar-refractivity contribution in [2.45, 2.75) is 25.9 Å². The first-order valence-electron chi connectivity index (χ1n) is 9.46. The van der Waals surface area contributed by atoms with Crippen molar-refractivity contribution in [1.82, 2.24) is 25.4 Å². The van der Waals surface area contributed by atoms with Crippen LogP contribution < -0.4 is 5.48 Å². The third-order valence-corrected chi connectivity index (χ3v) is 5.06. The van der Waals surface area contributed by atoms with Crippen LogP contribution in [0.4, 0.5) is 0 Å². The van der Waals surface area contributed by atoms with Crippen LogP contribution in [0.2, 0.25) is 0 Å². The Morgan fingerprint density at radius 1 is 0.966 bits per heavy atom. The normalized spacial score (nSPS) is 13.8. The highest BCUT2D eigenvalue weighted by atomic mass is 35.5. The number of carbonyl (C=O) groups excluding carboxylic acids is 1. The van der Waals surface area contributed by atoms with Gasteiger partial charge in [0.15, 0.2) is 0 Å². The van der Waals surface area contributed by atoms with Crippen LogP contribution in [0.3, 0.4) is 0 Å². The number of rotatable bonds is 6. The van der Waals surface area contributed by atoms with E-state index in [0.717, 1.165) is 23.4 Å². The fraction of sp³-hybridized carbons (Fsp3) is 0.286. The summed E-state index contributed by atoms with van der Waals surface area (Å²) in [5, 5.41) is 17.2. The van der Waals surface area contributed by atoms with Gasteiger partial charge in [0.05, 0.1) is 12.7 Å². The van der Waals surface area contributed by atoms with E-state index in [0.29, 0.717) is 12.1 Å². The summed E-state index contributed by atoms with van der Waals surface area (Å²) in [7, 11) is 0. The van der Waals surface area contributed by atoms with Crippen molar-refractivity contribution < 1.29 is 10.0 Å². The minimum atomic E-state index is -0.525. The minimum Gasteiger partial charge on any atom is -0.299 e.